The van der Waals surface area contributed by atoms with Gasteiger partial charge in [0, 0.05) is 24.6 Å². The molecule has 2 heterocycles. The van der Waals surface area contributed by atoms with Gasteiger partial charge in [0.15, 0.2) is 0 Å². The molecule has 1 amide bonds. The summed E-state index contributed by atoms with van der Waals surface area (Å²) in [5.41, 5.74) is 9.07. The van der Waals surface area contributed by atoms with Crippen LogP contribution in [0, 0.1) is 5.82 Å². The normalized spacial score (nSPS) is 14.8. The Bertz CT molecular complexity index is 947. The zero-order chi connectivity index (χ0) is 19.5. The standard InChI is InChI=1S/C22H21FN4O/c23-19-7-5-16(6-8-19)15-1-3-18(4-2-15)22(28)27-13-11-17(12-14-27)20-9-10-21(24)26-25-20/h1-10,17H,11-14H2,(H2,24,26). The van der Waals surface area contributed by atoms with E-state index in [1.807, 2.05) is 35.2 Å². The second-order valence-electron chi connectivity index (χ2n) is 7.03. The van der Waals surface area contributed by atoms with Crippen LogP contribution in [0.25, 0.3) is 11.1 Å². The van der Waals surface area contributed by atoms with E-state index in [0.717, 1.165) is 29.7 Å². The molecule has 0 atom stereocenters. The Morgan fingerprint density at radius 2 is 1.50 bits per heavy atom. The highest BCUT2D eigenvalue weighted by molar-refractivity contribution is 5.94. The van der Waals surface area contributed by atoms with E-state index in [9.17, 15) is 9.18 Å². The second kappa shape index (κ2) is 7.76. The minimum Gasteiger partial charge on any atom is -0.382 e. The van der Waals surface area contributed by atoms with Crippen molar-refractivity contribution in [2.75, 3.05) is 18.8 Å². The molecule has 1 aromatic heterocycles. The number of benzene rings is 2. The number of halogens is 1. The summed E-state index contributed by atoms with van der Waals surface area (Å²) >= 11 is 0. The summed E-state index contributed by atoms with van der Waals surface area (Å²) in [6.07, 6.45) is 1.72. The number of carbonyl (C=O) groups excluding carboxylic acids is 1. The average Bonchev–Trinajstić information content (AvgIpc) is 2.75. The van der Waals surface area contributed by atoms with Gasteiger partial charge in [-0.25, -0.2) is 4.39 Å². The summed E-state index contributed by atoms with van der Waals surface area (Å²) in [7, 11) is 0. The molecule has 6 heteroatoms. The quantitative estimate of drug-likeness (QED) is 0.753. The molecule has 4 rings (SSSR count). The van der Waals surface area contributed by atoms with E-state index in [4.69, 9.17) is 5.73 Å². The summed E-state index contributed by atoms with van der Waals surface area (Å²) in [6, 6.07) is 17.5. The number of aromatic nitrogens is 2. The lowest BCUT2D eigenvalue weighted by Gasteiger charge is -2.31. The van der Waals surface area contributed by atoms with E-state index in [2.05, 4.69) is 10.2 Å². The van der Waals surface area contributed by atoms with E-state index < -0.39 is 0 Å². The SMILES string of the molecule is Nc1ccc(C2CCN(C(=O)c3ccc(-c4ccc(F)cc4)cc3)CC2)nn1. The van der Waals surface area contributed by atoms with E-state index in [1.54, 1.807) is 18.2 Å². The maximum absolute atomic E-state index is 13.1. The molecule has 5 nitrogen and oxygen atoms in total. The van der Waals surface area contributed by atoms with Crippen molar-refractivity contribution in [3.8, 4) is 11.1 Å². The van der Waals surface area contributed by atoms with Crippen LogP contribution in [-0.2, 0) is 0 Å². The van der Waals surface area contributed by atoms with Crippen LogP contribution in [0.15, 0.2) is 60.7 Å². The van der Waals surface area contributed by atoms with Gasteiger partial charge < -0.3 is 10.6 Å². The maximum Gasteiger partial charge on any atom is 0.253 e. The van der Waals surface area contributed by atoms with Gasteiger partial charge in [-0.2, -0.15) is 5.10 Å². The van der Waals surface area contributed by atoms with Crippen LogP contribution in [0.5, 0.6) is 0 Å². The number of nitrogens with two attached hydrogens (primary N) is 1. The number of likely N-dealkylation sites (tertiary alicyclic amines) is 1. The van der Waals surface area contributed by atoms with Crippen molar-refractivity contribution in [2.45, 2.75) is 18.8 Å². The molecular weight excluding hydrogens is 355 g/mol. The largest absolute Gasteiger partial charge is 0.382 e. The third-order valence-electron chi connectivity index (χ3n) is 5.22. The summed E-state index contributed by atoms with van der Waals surface area (Å²) in [4.78, 5) is 14.7. The van der Waals surface area contributed by atoms with E-state index in [1.165, 1.54) is 12.1 Å². The first-order valence-electron chi connectivity index (χ1n) is 9.34. The van der Waals surface area contributed by atoms with Crippen molar-refractivity contribution >= 4 is 11.7 Å². The van der Waals surface area contributed by atoms with Gasteiger partial charge >= 0.3 is 0 Å². The second-order valence-corrected chi connectivity index (χ2v) is 7.03. The number of carbonyl (C=O) groups is 1. The van der Waals surface area contributed by atoms with Crippen molar-refractivity contribution in [1.29, 1.82) is 0 Å². The van der Waals surface area contributed by atoms with Gasteiger partial charge in [-0.15, -0.1) is 5.10 Å². The lowest BCUT2D eigenvalue weighted by Crippen LogP contribution is -2.38. The Kier molecular flexibility index (Phi) is 5.02. The molecule has 2 N–H and O–H groups in total. The average molecular weight is 376 g/mol. The maximum atomic E-state index is 13.1. The van der Waals surface area contributed by atoms with Gasteiger partial charge in [0.25, 0.3) is 5.91 Å². The van der Waals surface area contributed by atoms with Crippen LogP contribution in [0.1, 0.15) is 34.8 Å². The molecule has 1 aliphatic heterocycles. The number of nitrogens with zero attached hydrogens (tertiary/aromatic N) is 3. The number of anilines is 1. The topological polar surface area (TPSA) is 72.1 Å². The van der Waals surface area contributed by atoms with E-state index >= 15 is 0 Å². The summed E-state index contributed by atoms with van der Waals surface area (Å²) in [5.74, 6) is 0.495. The highest BCUT2D eigenvalue weighted by atomic mass is 19.1. The monoisotopic (exact) mass is 376 g/mol. The van der Waals surface area contributed by atoms with E-state index in [0.29, 0.717) is 30.4 Å². The van der Waals surface area contributed by atoms with Crippen molar-refractivity contribution in [3.63, 3.8) is 0 Å². The fraction of sp³-hybridized carbons (Fsp3) is 0.227. The van der Waals surface area contributed by atoms with Crippen LogP contribution in [0.3, 0.4) is 0 Å². The first kappa shape index (κ1) is 18.1. The van der Waals surface area contributed by atoms with Crippen LogP contribution in [0.2, 0.25) is 0 Å². The Balaban J connectivity index is 1.39. The van der Waals surface area contributed by atoms with Gasteiger partial charge in [-0.05, 0) is 60.4 Å². The molecule has 1 fully saturated rings. The molecule has 1 aliphatic rings. The molecule has 3 aromatic rings. The molecule has 0 radical (unpaired) electrons. The van der Waals surface area contributed by atoms with Crippen LogP contribution in [-0.4, -0.2) is 34.1 Å². The Labute approximate surface area is 163 Å². The van der Waals surface area contributed by atoms with E-state index in [-0.39, 0.29) is 11.7 Å². The predicted molar refractivity (Wildman–Crippen MR) is 106 cm³/mol. The van der Waals surface area contributed by atoms with Gasteiger partial charge in [0.2, 0.25) is 0 Å². The number of hydrogen-bond acceptors (Lipinski definition) is 4. The Morgan fingerprint density at radius 1 is 0.893 bits per heavy atom. The number of piperidine rings is 1. The molecule has 0 saturated carbocycles. The van der Waals surface area contributed by atoms with Gasteiger partial charge in [0.1, 0.15) is 11.6 Å². The lowest BCUT2D eigenvalue weighted by atomic mass is 9.93. The van der Waals surface area contributed by atoms with Crippen molar-refractivity contribution < 1.29 is 9.18 Å². The summed E-state index contributed by atoms with van der Waals surface area (Å²) in [5, 5.41) is 8.09. The zero-order valence-corrected chi connectivity index (χ0v) is 15.4. The number of nitrogen functional groups attached to an aromatic ring is 1. The zero-order valence-electron chi connectivity index (χ0n) is 15.4. The van der Waals surface area contributed by atoms with Crippen molar-refractivity contribution in [1.82, 2.24) is 15.1 Å². The summed E-state index contributed by atoms with van der Waals surface area (Å²) in [6.45, 7) is 1.38. The van der Waals surface area contributed by atoms with Crippen LogP contribution in [0.4, 0.5) is 10.2 Å². The number of hydrogen-bond donors (Lipinski definition) is 1. The Hall–Kier alpha value is -3.28. The Morgan fingerprint density at radius 3 is 2.07 bits per heavy atom. The van der Waals surface area contributed by atoms with Crippen molar-refractivity contribution in [3.05, 3.63) is 77.7 Å². The molecule has 0 bridgehead atoms. The molecule has 2 aromatic carbocycles. The third kappa shape index (κ3) is 3.86. The molecule has 0 aliphatic carbocycles. The fourth-order valence-electron chi connectivity index (χ4n) is 3.58. The minimum atomic E-state index is -0.260. The van der Waals surface area contributed by atoms with Gasteiger partial charge in [-0.3, -0.25) is 4.79 Å². The highest BCUT2D eigenvalue weighted by Gasteiger charge is 2.25. The molecule has 142 valence electrons. The smallest absolute Gasteiger partial charge is 0.253 e. The molecule has 0 spiro atoms. The predicted octanol–water partition coefficient (Wildman–Crippen LogP) is 3.88. The minimum absolute atomic E-state index is 0.0347. The highest BCUT2D eigenvalue weighted by Crippen LogP contribution is 2.28. The molecule has 28 heavy (non-hydrogen) atoms. The fourth-order valence-corrected chi connectivity index (χ4v) is 3.58. The first-order chi connectivity index (χ1) is 13.6. The lowest BCUT2D eigenvalue weighted by molar-refractivity contribution is 0.0712. The number of rotatable bonds is 3. The van der Waals surface area contributed by atoms with Crippen molar-refractivity contribution in [2.24, 2.45) is 0 Å². The first-order valence-corrected chi connectivity index (χ1v) is 9.34. The summed E-state index contributed by atoms with van der Waals surface area (Å²) < 4.78 is 13.1. The van der Waals surface area contributed by atoms with Crippen LogP contribution < -0.4 is 5.73 Å². The molecule has 1 saturated heterocycles. The number of amides is 1. The van der Waals surface area contributed by atoms with Gasteiger partial charge in [-0.1, -0.05) is 24.3 Å². The molecular formula is C22H21FN4O. The third-order valence-corrected chi connectivity index (χ3v) is 5.22. The van der Waals surface area contributed by atoms with Gasteiger partial charge in [0.05, 0.1) is 5.69 Å². The van der Waals surface area contributed by atoms with Crippen LogP contribution >= 0.6 is 0 Å². The molecule has 0 unspecified atom stereocenters.